The van der Waals surface area contributed by atoms with Gasteiger partial charge in [-0.1, -0.05) is 43.6 Å². The van der Waals surface area contributed by atoms with Crippen LogP contribution in [0.15, 0.2) is 41.4 Å². The van der Waals surface area contributed by atoms with Crippen LogP contribution in [0.3, 0.4) is 0 Å². The Hall–Kier alpha value is -2.40. The quantitative estimate of drug-likeness (QED) is 0.463. The van der Waals surface area contributed by atoms with E-state index in [1.165, 1.54) is 12.3 Å². The molecule has 0 aliphatic rings. The maximum atomic E-state index is 10.9. The smallest absolute Gasteiger partial charge is 0.312 e. The van der Waals surface area contributed by atoms with Crippen LogP contribution in [0, 0.1) is 10.1 Å². The Morgan fingerprint density at radius 3 is 2.74 bits per heavy atom. The van der Waals surface area contributed by atoms with Gasteiger partial charge in [-0.05, 0) is 30.0 Å². The molecule has 0 aliphatic heterocycles. The lowest BCUT2D eigenvalue weighted by molar-refractivity contribution is -0.385. The van der Waals surface area contributed by atoms with Crippen molar-refractivity contribution in [3.8, 4) is 5.75 Å². The van der Waals surface area contributed by atoms with Crippen LogP contribution in [0.2, 0.25) is 5.02 Å². The van der Waals surface area contributed by atoms with Gasteiger partial charge in [0.25, 0.3) is 0 Å². The van der Waals surface area contributed by atoms with Crippen molar-refractivity contribution in [2.75, 3.05) is 0 Å². The number of halogens is 1. The highest BCUT2D eigenvalue weighted by Crippen LogP contribution is 2.33. The molecule has 0 radical (unpaired) electrons. The Balaban J connectivity index is 2.44. The lowest BCUT2D eigenvalue weighted by atomic mass is 9.97. The maximum Gasteiger partial charge on any atom is 0.312 e. The van der Waals surface area contributed by atoms with Gasteiger partial charge in [-0.15, -0.1) is 0 Å². The predicted octanol–water partition coefficient (Wildman–Crippen LogP) is 5.22. The number of phenolic OH excluding ortho intramolecular Hbond substituents is 1. The molecule has 1 N–H and O–H groups in total. The molecule has 0 aromatic heterocycles. The molecule has 1 atom stereocenters. The minimum atomic E-state index is -0.675. The normalized spacial score (nSPS) is 12.5. The average Bonchev–Trinajstić information content (AvgIpc) is 2.54. The van der Waals surface area contributed by atoms with Crippen LogP contribution >= 0.6 is 11.6 Å². The molecule has 0 spiro atoms. The van der Waals surface area contributed by atoms with Crippen LogP contribution in [0.1, 0.15) is 37.3 Å². The van der Waals surface area contributed by atoms with E-state index in [2.05, 4.69) is 18.8 Å². The molecule has 0 amide bonds. The number of hydrogen-bond acceptors (Lipinski definition) is 4. The summed E-state index contributed by atoms with van der Waals surface area (Å²) in [7, 11) is 0. The molecule has 6 heteroatoms. The predicted molar refractivity (Wildman–Crippen MR) is 92.2 cm³/mol. The number of hydrogen-bond donors (Lipinski definition) is 1. The van der Waals surface area contributed by atoms with E-state index in [0.717, 1.165) is 23.7 Å². The van der Waals surface area contributed by atoms with E-state index >= 15 is 0 Å². The number of aromatic hydroxyl groups is 1. The molecule has 2 aromatic rings. The van der Waals surface area contributed by atoms with Gasteiger partial charge in [0.2, 0.25) is 5.75 Å². The lowest BCUT2D eigenvalue weighted by Crippen LogP contribution is -1.94. The number of nitro groups is 1. The summed E-state index contributed by atoms with van der Waals surface area (Å²) in [6.07, 6.45) is 2.37. The van der Waals surface area contributed by atoms with Crippen molar-refractivity contribution in [2.24, 2.45) is 4.99 Å². The Morgan fingerprint density at radius 2 is 2.09 bits per heavy atom. The number of benzene rings is 2. The number of aliphatic imine (C=N–C) groups is 1. The zero-order valence-corrected chi connectivity index (χ0v) is 13.6. The molecule has 23 heavy (non-hydrogen) atoms. The first-order valence-electron chi connectivity index (χ1n) is 7.24. The minimum Gasteiger partial charge on any atom is -0.502 e. The van der Waals surface area contributed by atoms with Crippen molar-refractivity contribution in [1.29, 1.82) is 0 Å². The van der Waals surface area contributed by atoms with Crippen molar-refractivity contribution in [1.82, 2.24) is 0 Å². The van der Waals surface area contributed by atoms with Crippen molar-refractivity contribution in [3.63, 3.8) is 0 Å². The summed E-state index contributed by atoms with van der Waals surface area (Å²) in [6.45, 7) is 4.20. The zero-order chi connectivity index (χ0) is 17.0. The average molecular weight is 333 g/mol. The Labute approximate surface area is 139 Å². The van der Waals surface area contributed by atoms with E-state index in [4.69, 9.17) is 11.6 Å². The van der Waals surface area contributed by atoms with Gasteiger partial charge in [0.1, 0.15) is 0 Å². The third kappa shape index (κ3) is 3.87. The third-order valence-electron chi connectivity index (χ3n) is 3.70. The molecule has 0 heterocycles. The van der Waals surface area contributed by atoms with Gasteiger partial charge in [-0.2, -0.15) is 0 Å². The van der Waals surface area contributed by atoms with Gasteiger partial charge >= 0.3 is 5.69 Å². The van der Waals surface area contributed by atoms with E-state index in [0.29, 0.717) is 5.92 Å². The molecule has 2 aromatic carbocycles. The molecule has 1 unspecified atom stereocenters. The van der Waals surface area contributed by atoms with Crippen LogP contribution in [0.5, 0.6) is 5.75 Å². The summed E-state index contributed by atoms with van der Waals surface area (Å²) in [4.78, 5) is 14.6. The van der Waals surface area contributed by atoms with Crippen molar-refractivity contribution in [2.45, 2.75) is 26.2 Å². The second kappa shape index (κ2) is 7.24. The molecular formula is C17H17ClN2O3. The van der Waals surface area contributed by atoms with Crippen LogP contribution in [-0.4, -0.2) is 16.2 Å². The summed E-state index contributed by atoms with van der Waals surface area (Å²) < 4.78 is 0. The van der Waals surface area contributed by atoms with E-state index in [9.17, 15) is 15.2 Å². The van der Waals surface area contributed by atoms with Gasteiger partial charge in [0.15, 0.2) is 0 Å². The monoisotopic (exact) mass is 332 g/mol. The molecule has 0 aliphatic carbocycles. The van der Waals surface area contributed by atoms with Crippen LogP contribution in [0.4, 0.5) is 11.4 Å². The number of para-hydroxylation sites is 1. The van der Waals surface area contributed by atoms with Gasteiger partial charge in [0.05, 0.1) is 10.6 Å². The molecule has 5 nitrogen and oxygen atoms in total. The van der Waals surface area contributed by atoms with E-state index in [1.807, 2.05) is 24.3 Å². The summed E-state index contributed by atoms with van der Waals surface area (Å²) >= 11 is 5.87. The molecule has 0 bridgehead atoms. The summed E-state index contributed by atoms with van der Waals surface area (Å²) in [5.41, 5.74) is 1.63. The van der Waals surface area contributed by atoms with E-state index in [1.54, 1.807) is 0 Å². The Kier molecular flexibility index (Phi) is 5.34. The van der Waals surface area contributed by atoms with Gasteiger partial charge in [-0.25, -0.2) is 0 Å². The molecule has 0 fully saturated rings. The number of phenols is 1. The van der Waals surface area contributed by atoms with Crippen molar-refractivity contribution < 1.29 is 10.0 Å². The number of nitrogens with zero attached hydrogens (tertiary/aromatic N) is 2. The summed E-state index contributed by atoms with van der Waals surface area (Å²) in [6, 6.07) is 10.2. The molecular weight excluding hydrogens is 316 g/mol. The van der Waals surface area contributed by atoms with Crippen LogP contribution in [-0.2, 0) is 0 Å². The highest BCUT2D eigenvalue weighted by atomic mass is 35.5. The third-order valence-corrected chi connectivity index (χ3v) is 3.92. The molecule has 120 valence electrons. The molecule has 0 saturated heterocycles. The zero-order valence-electron chi connectivity index (χ0n) is 12.9. The van der Waals surface area contributed by atoms with E-state index in [-0.39, 0.29) is 10.6 Å². The summed E-state index contributed by atoms with van der Waals surface area (Å²) in [5.74, 6) is -0.102. The van der Waals surface area contributed by atoms with Crippen LogP contribution in [0.25, 0.3) is 0 Å². The number of nitro benzene ring substituents is 1. The van der Waals surface area contributed by atoms with Crippen molar-refractivity contribution >= 4 is 29.2 Å². The first-order valence-corrected chi connectivity index (χ1v) is 7.61. The fraction of sp³-hybridized carbons (Fsp3) is 0.235. The fourth-order valence-electron chi connectivity index (χ4n) is 2.22. The first kappa shape index (κ1) is 17.0. The highest BCUT2D eigenvalue weighted by molar-refractivity contribution is 6.31. The largest absolute Gasteiger partial charge is 0.502 e. The van der Waals surface area contributed by atoms with Gasteiger partial charge in [-0.3, -0.25) is 15.1 Å². The Bertz CT molecular complexity index is 759. The first-order chi connectivity index (χ1) is 10.9. The van der Waals surface area contributed by atoms with Gasteiger partial charge in [0, 0.05) is 22.9 Å². The maximum absolute atomic E-state index is 10.9. The summed E-state index contributed by atoms with van der Waals surface area (Å²) in [5, 5.41) is 21.1. The lowest BCUT2D eigenvalue weighted by Gasteiger charge is -2.11. The van der Waals surface area contributed by atoms with E-state index < -0.39 is 16.4 Å². The fourth-order valence-corrected chi connectivity index (χ4v) is 2.44. The standard InChI is InChI=1S/C17H17ClN2O3/c1-3-11(2)14-6-4-5-7-15(14)19-10-12-8-13(18)9-16(17(12)21)20(22)23/h4-11,21H,3H2,1-2H3. The van der Waals surface area contributed by atoms with Gasteiger partial charge < -0.3 is 5.11 Å². The SMILES string of the molecule is CCC(C)c1ccccc1N=Cc1cc(Cl)cc([N+](=O)[O-])c1O. The molecule has 0 saturated carbocycles. The second-order valence-corrected chi connectivity index (χ2v) is 5.68. The Morgan fingerprint density at radius 1 is 1.39 bits per heavy atom. The number of rotatable bonds is 5. The second-order valence-electron chi connectivity index (χ2n) is 5.25. The molecule has 2 rings (SSSR count). The minimum absolute atomic E-state index is 0.172. The van der Waals surface area contributed by atoms with Crippen molar-refractivity contribution in [3.05, 3.63) is 62.7 Å². The highest BCUT2D eigenvalue weighted by Gasteiger charge is 2.18. The topological polar surface area (TPSA) is 75.7 Å². The van der Waals surface area contributed by atoms with Crippen LogP contribution < -0.4 is 0 Å².